The number of hydrogen-bond acceptors (Lipinski definition) is 3. The van der Waals surface area contributed by atoms with Gasteiger partial charge in [0.2, 0.25) is 0 Å². The molecule has 0 spiro atoms. The zero-order chi connectivity index (χ0) is 7.40. The molecule has 0 aliphatic heterocycles. The molecule has 0 fully saturated rings. The molecule has 10 heavy (non-hydrogen) atoms. The molecule has 1 aromatic rings. The van der Waals surface area contributed by atoms with Crippen molar-refractivity contribution in [3.05, 3.63) is 17.0 Å². The average molecular weight is 158 g/mol. The van der Waals surface area contributed by atoms with Crippen LogP contribution in [-0.2, 0) is 6.42 Å². The molecule has 1 N–H and O–H groups in total. The van der Waals surface area contributed by atoms with Gasteiger partial charge in [-0.1, -0.05) is 0 Å². The average Bonchev–Trinajstić information content (AvgIpc) is 2.37. The first-order valence-electron chi connectivity index (χ1n) is 3.10. The van der Waals surface area contributed by atoms with Gasteiger partial charge in [0.05, 0.1) is 7.11 Å². The molecule has 0 saturated carbocycles. The quantitative estimate of drug-likeness (QED) is 0.718. The van der Waals surface area contributed by atoms with E-state index in [2.05, 4.69) is 0 Å². The topological polar surface area (TPSA) is 29.5 Å². The van der Waals surface area contributed by atoms with Crippen molar-refractivity contribution in [3.8, 4) is 5.06 Å². The number of thiophene rings is 1. The van der Waals surface area contributed by atoms with Crippen LogP contribution in [0.5, 0.6) is 5.06 Å². The number of aliphatic hydroxyl groups is 1. The van der Waals surface area contributed by atoms with Crippen LogP contribution in [0.4, 0.5) is 0 Å². The lowest BCUT2D eigenvalue weighted by Gasteiger charge is -1.90. The molecule has 0 bridgehead atoms. The fraction of sp³-hybridized carbons (Fsp3) is 0.429. The maximum atomic E-state index is 8.57. The number of rotatable bonds is 3. The maximum absolute atomic E-state index is 8.57. The fourth-order valence-electron chi connectivity index (χ4n) is 0.713. The first-order chi connectivity index (χ1) is 4.86. The zero-order valence-electron chi connectivity index (χ0n) is 5.83. The van der Waals surface area contributed by atoms with Gasteiger partial charge in [0.25, 0.3) is 0 Å². The minimum absolute atomic E-state index is 0.212. The van der Waals surface area contributed by atoms with E-state index in [0.717, 1.165) is 11.5 Å². The zero-order valence-corrected chi connectivity index (χ0v) is 6.65. The third-order valence-electron chi connectivity index (χ3n) is 1.20. The van der Waals surface area contributed by atoms with Crippen LogP contribution in [0.15, 0.2) is 12.1 Å². The predicted molar refractivity (Wildman–Crippen MR) is 41.7 cm³/mol. The molecular weight excluding hydrogens is 148 g/mol. The minimum atomic E-state index is 0.212. The monoisotopic (exact) mass is 158 g/mol. The molecule has 0 saturated heterocycles. The molecule has 1 rings (SSSR count). The number of hydrogen-bond donors (Lipinski definition) is 1. The third kappa shape index (κ3) is 1.72. The van der Waals surface area contributed by atoms with Crippen molar-refractivity contribution in [2.45, 2.75) is 6.42 Å². The highest BCUT2D eigenvalue weighted by Crippen LogP contribution is 2.23. The van der Waals surface area contributed by atoms with E-state index in [1.54, 1.807) is 18.4 Å². The predicted octanol–water partition coefficient (Wildman–Crippen LogP) is 1.29. The lowest BCUT2D eigenvalue weighted by molar-refractivity contribution is 0.300. The summed E-state index contributed by atoms with van der Waals surface area (Å²) in [5, 5.41) is 9.47. The second-order valence-corrected chi connectivity index (χ2v) is 3.03. The summed E-state index contributed by atoms with van der Waals surface area (Å²) in [6, 6.07) is 3.88. The summed E-state index contributed by atoms with van der Waals surface area (Å²) < 4.78 is 4.98. The van der Waals surface area contributed by atoms with Crippen LogP contribution in [0.3, 0.4) is 0 Å². The highest BCUT2D eigenvalue weighted by Gasteiger charge is 1.97. The highest BCUT2D eigenvalue weighted by atomic mass is 32.1. The lowest BCUT2D eigenvalue weighted by Crippen LogP contribution is -1.84. The van der Waals surface area contributed by atoms with Crippen LogP contribution in [0, 0.1) is 0 Å². The third-order valence-corrected chi connectivity index (χ3v) is 2.30. The van der Waals surface area contributed by atoms with E-state index in [-0.39, 0.29) is 6.61 Å². The van der Waals surface area contributed by atoms with Crippen molar-refractivity contribution < 1.29 is 9.84 Å². The number of aliphatic hydroxyl groups excluding tert-OH is 1. The van der Waals surface area contributed by atoms with E-state index < -0.39 is 0 Å². The Kier molecular flexibility index (Phi) is 2.71. The first kappa shape index (κ1) is 7.57. The van der Waals surface area contributed by atoms with Gasteiger partial charge in [-0.2, -0.15) is 0 Å². The Bertz CT molecular complexity index is 195. The van der Waals surface area contributed by atoms with E-state index in [1.165, 1.54) is 4.88 Å². The van der Waals surface area contributed by atoms with Crippen LogP contribution >= 0.6 is 11.3 Å². The van der Waals surface area contributed by atoms with Gasteiger partial charge in [0.15, 0.2) is 5.06 Å². The summed E-state index contributed by atoms with van der Waals surface area (Å²) in [4.78, 5) is 1.17. The second kappa shape index (κ2) is 3.58. The summed E-state index contributed by atoms with van der Waals surface area (Å²) in [6.07, 6.45) is 0.730. The van der Waals surface area contributed by atoms with E-state index >= 15 is 0 Å². The molecule has 56 valence electrons. The van der Waals surface area contributed by atoms with Crippen LogP contribution in [0.2, 0.25) is 0 Å². The molecule has 0 unspecified atom stereocenters. The summed E-state index contributed by atoms with van der Waals surface area (Å²) in [5.74, 6) is 0. The Balaban J connectivity index is 2.59. The first-order valence-corrected chi connectivity index (χ1v) is 3.92. The van der Waals surface area contributed by atoms with Gasteiger partial charge in [0, 0.05) is 17.9 Å². The summed E-state index contributed by atoms with van der Waals surface area (Å²) in [5.41, 5.74) is 0. The van der Waals surface area contributed by atoms with E-state index in [1.807, 2.05) is 12.1 Å². The van der Waals surface area contributed by atoms with Crippen molar-refractivity contribution >= 4 is 11.3 Å². The second-order valence-electron chi connectivity index (χ2n) is 1.90. The molecule has 0 aliphatic carbocycles. The Morgan fingerprint density at radius 2 is 2.40 bits per heavy atom. The lowest BCUT2D eigenvalue weighted by atomic mass is 10.4. The smallest absolute Gasteiger partial charge is 0.173 e. The van der Waals surface area contributed by atoms with Gasteiger partial charge in [0.1, 0.15) is 0 Å². The normalized spacial score (nSPS) is 9.80. The van der Waals surface area contributed by atoms with Gasteiger partial charge in [-0.15, -0.1) is 11.3 Å². The molecule has 0 aromatic carbocycles. The van der Waals surface area contributed by atoms with Gasteiger partial charge in [-0.25, -0.2) is 0 Å². The molecule has 3 heteroatoms. The van der Waals surface area contributed by atoms with Gasteiger partial charge in [-0.05, 0) is 12.1 Å². The van der Waals surface area contributed by atoms with Gasteiger partial charge in [-0.3, -0.25) is 0 Å². The van der Waals surface area contributed by atoms with E-state index in [9.17, 15) is 0 Å². The Morgan fingerprint density at radius 1 is 1.60 bits per heavy atom. The Morgan fingerprint density at radius 3 is 2.90 bits per heavy atom. The SMILES string of the molecule is COc1ccc(CCO)s1. The van der Waals surface area contributed by atoms with Gasteiger partial charge < -0.3 is 9.84 Å². The van der Waals surface area contributed by atoms with Crippen molar-refractivity contribution in [2.75, 3.05) is 13.7 Å². The summed E-state index contributed by atoms with van der Waals surface area (Å²) in [6.45, 7) is 0.212. The van der Waals surface area contributed by atoms with Crippen molar-refractivity contribution in [2.24, 2.45) is 0 Å². The minimum Gasteiger partial charge on any atom is -0.487 e. The molecule has 0 atom stereocenters. The molecular formula is C7H10O2S. The van der Waals surface area contributed by atoms with Crippen molar-refractivity contribution in [1.82, 2.24) is 0 Å². The van der Waals surface area contributed by atoms with Crippen LogP contribution < -0.4 is 4.74 Å². The molecule has 2 nitrogen and oxygen atoms in total. The molecule has 1 aromatic heterocycles. The summed E-state index contributed by atoms with van der Waals surface area (Å²) >= 11 is 1.58. The fourth-order valence-corrected chi connectivity index (χ4v) is 1.52. The highest BCUT2D eigenvalue weighted by molar-refractivity contribution is 7.13. The standard InChI is InChI=1S/C7H10O2S/c1-9-7-3-2-6(10-7)4-5-8/h2-3,8H,4-5H2,1H3. The molecule has 0 amide bonds. The largest absolute Gasteiger partial charge is 0.487 e. The maximum Gasteiger partial charge on any atom is 0.173 e. The van der Waals surface area contributed by atoms with Crippen molar-refractivity contribution in [3.63, 3.8) is 0 Å². The van der Waals surface area contributed by atoms with Crippen LogP contribution in [0.1, 0.15) is 4.88 Å². The molecule has 1 heterocycles. The van der Waals surface area contributed by atoms with E-state index in [0.29, 0.717) is 0 Å². The molecule has 0 radical (unpaired) electrons. The number of ether oxygens (including phenoxy) is 1. The van der Waals surface area contributed by atoms with Crippen molar-refractivity contribution in [1.29, 1.82) is 0 Å². The van der Waals surface area contributed by atoms with Gasteiger partial charge >= 0.3 is 0 Å². The van der Waals surface area contributed by atoms with E-state index in [4.69, 9.17) is 9.84 Å². The van der Waals surface area contributed by atoms with Crippen LogP contribution in [-0.4, -0.2) is 18.8 Å². The molecule has 0 aliphatic rings. The number of methoxy groups -OCH3 is 1. The summed E-state index contributed by atoms with van der Waals surface area (Å²) in [7, 11) is 1.65. The van der Waals surface area contributed by atoms with Crippen LogP contribution in [0.25, 0.3) is 0 Å². The Labute approximate surface area is 64.1 Å². The Hall–Kier alpha value is -0.540.